The molecule has 0 radical (unpaired) electrons. The number of hydrogen-bond acceptors (Lipinski definition) is 5. The Morgan fingerprint density at radius 3 is 2.54 bits per heavy atom. The summed E-state index contributed by atoms with van der Waals surface area (Å²) in [6.45, 7) is 1.83. The smallest absolute Gasteiger partial charge is 0.266 e. The van der Waals surface area contributed by atoms with Crippen LogP contribution in [0.5, 0.6) is 0 Å². The average Bonchev–Trinajstić information content (AvgIpc) is 2.66. The first kappa shape index (κ1) is 20.3. The maximum Gasteiger partial charge on any atom is 0.266 e. The molecule has 10 heteroatoms. The lowest BCUT2D eigenvalue weighted by Gasteiger charge is -2.19. The minimum Gasteiger partial charge on any atom is -0.377 e. The van der Waals surface area contributed by atoms with Crippen LogP contribution < -0.4 is 10.0 Å². The highest BCUT2D eigenvalue weighted by Gasteiger charge is 2.24. The molecule has 0 saturated carbocycles. The van der Waals surface area contributed by atoms with Crippen LogP contribution in [0.3, 0.4) is 0 Å². The quantitative estimate of drug-likeness (QED) is 0.569. The van der Waals surface area contributed by atoms with Crippen molar-refractivity contribution >= 4 is 44.7 Å². The molecule has 1 heterocycles. The fourth-order valence-corrected chi connectivity index (χ4v) is 4.20. The van der Waals surface area contributed by atoms with E-state index >= 15 is 0 Å². The molecular weight excluding hydrogens is 426 g/mol. The van der Waals surface area contributed by atoms with Crippen LogP contribution in [0.2, 0.25) is 10.0 Å². The van der Waals surface area contributed by atoms with Crippen molar-refractivity contribution in [2.24, 2.45) is 0 Å². The molecule has 0 fully saturated rings. The normalized spacial score (nSPS) is 12.4. The molecular formula is C18H15Cl2FN4O2S. The topological polar surface area (TPSA) is 84.0 Å². The number of hydrogen-bond donors (Lipinski definition) is 2. The van der Waals surface area contributed by atoms with E-state index < -0.39 is 20.7 Å². The summed E-state index contributed by atoms with van der Waals surface area (Å²) < 4.78 is 41.9. The van der Waals surface area contributed by atoms with Crippen LogP contribution in [0.1, 0.15) is 18.5 Å². The van der Waals surface area contributed by atoms with Gasteiger partial charge in [-0.1, -0.05) is 41.4 Å². The summed E-state index contributed by atoms with van der Waals surface area (Å²) in [5, 5.41) is 3.25. The standard InChI is InChI=1S/C18H15Cl2FN4O2S/c1-11(12-4-2-3-5-13(12)19)24-14-6-7-15(18(21)17(14)20)28(26,27)25-16-8-9-22-10-23-16/h2-11,24H,1H3,(H,22,23,25)/t11-/m0/s1. The molecule has 0 saturated heterocycles. The zero-order chi connectivity index (χ0) is 20.3. The van der Waals surface area contributed by atoms with Crippen LogP contribution in [0.15, 0.2) is 59.9 Å². The Balaban J connectivity index is 1.88. The number of benzene rings is 2. The Bertz CT molecular complexity index is 1100. The summed E-state index contributed by atoms with van der Waals surface area (Å²) in [6, 6.07) is 10.8. The van der Waals surface area contributed by atoms with Crippen LogP contribution in [-0.4, -0.2) is 18.4 Å². The van der Waals surface area contributed by atoms with Crippen molar-refractivity contribution in [2.75, 3.05) is 10.0 Å². The van der Waals surface area contributed by atoms with E-state index in [1.165, 1.54) is 24.7 Å². The first-order chi connectivity index (χ1) is 13.3. The van der Waals surface area contributed by atoms with Gasteiger partial charge in [-0.3, -0.25) is 4.72 Å². The van der Waals surface area contributed by atoms with E-state index in [1.807, 2.05) is 19.1 Å². The molecule has 0 bridgehead atoms. The highest BCUT2D eigenvalue weighted by molar-refractivity contribution is 7.92. The highest BCUT2D eigenvalue weighted by Crippen LogP contribution is 2.34. The largest absolute Gasteiger partial charge is 0.377 e. The second-order valence-corrected chi connectivity index (χ2v) is 8.26. The first-order valence-corrected chi connectivity index (χ1v) is 10.3. The third-order valence-corrected chi connectivity index (χ3v) is 5.99. The Morgan fingerprint density at radius 2 is 1.86 bits per heavy atom. The molecule has 0 aliphatic carbocycles. The minimum atomic E-state index is -4.22. The van der Waals surface area contributed by atoms with Crippen molar-refractivity contribution in [1.82, 2.24) is 9.97 Å². The molecule has 0 unspecified atom stereocenters. The first-order valence-electron chi connectivity index (χ1n) is 8.07. The van der Waals surface area contributed by atoms with Crippen LogP contribution >= 0.6 is 23.2 Å². The van der Waals surface area contributed by atoms with Crippen molar-refractivity contribution in [3.63, 3.8) is 0 Å². The molecule has 0 aliphatic rings. The van der Waals surface area contributed by atoms with Crippen LogP contribution in [-0.2, 0) is 10.0 Å². The monoisotopic (exact) mass is 440 g/mol. The van der Waals surface area contributed by atoms with Gasteiger partial charge >= 0.3 is 0 Å². The molecule has 2 aromatic carbocycles. The fraction of sp³-hybridized carbons (Fsp3) is 0.111. The maximum atomic E-state index is 14.7. The predicted molar refractivity (Wildman–Crippen MR) is 108 cm³/mol. The molecule has 0 amide bonds. The number of nitrogens with one attached hydrogen (secondary N) is 2. The van der Waals surface area contributed by atoms with Gasteiger partial charge in [0.1, 0.15) is 22.1 Å². The van der Waals surface area contributed by atoms with Gasteiger partial charge in [0.15, 0.2) is 5.82 Å². The van der Waals surface area contributed by atoms with Gasteiger partial charge in [-0.25, -0.2) is 22.8 Å². The van der Waals surface area contributed by atoms with Gasteiger partial charge in [-0.2, -0.15) is 0 Å². The number of aromatic nitrogens is 2. The van der Waals surface area contributed by atoms with Crippen LogP contribution in [0.25, 0.3) is 0 Å². The van der Waals surface area contributed by atoms with Gasteiger partial charge in [0.25, 0.3) is 10.0 Å². The van der Waals surface area contributed by atoms with Gasteiger partial charge in [0.05, 0.1) is 11.7 Å². The van der Waals surface area contributed by atoms with E-state index in [0.29, 0.717) is 5.02 Å². The molecule has 0 aliphatic heterocycles. The number of rotatable bonds is 6. The van der Waals surface area contributed by atoms with Gasteiger partial charge < -0.3 is 5.32 Å². The summed E-state index contributed by atoms with van der Waals surface area (Å²) >= 11 is 12.3. The minimum absolute atomic E-state index is 0.0139. The fourth-order valence-electron chi connectivity index (χ4n) is 2.53. The second kappa shape index (κ2) is 8.30. The Kier molecular flexibility index (Phi) is 6.02. The van der Waals surface area contributed by atoms with Gasteiger partial charge in [-0.05, 0) is 36.8 Å². The lowest BCUT2D eigenvalue weighted by Crippen LogP contribution is -2.16. The molecule has 3 rings (SSSR count). The highest BCUT2D eigenvalue weighted by atomic mass is 35.5. The van der Waals surface area contributed by atoms with Gasteiger partial charge in [0.2, 0.25) is 0 Å². The third-order valence-electron chi connectivity index (χ3n) is 3.90. The maximum absolute atomic E-state index is 14.7. The van der Waals surface area contributed by atoms with Gasteiger partial charge in [-0.15, -0.1) is 0 Å². The zero-order valence-electron chi connectivity index (χ0n) is 14.5. The average molecular weight is 441 g/mol. The Labute approximate surface area is 171 Å². The zero-order valence-corrected chi connectivity index (χ0v) is 16.9. The van der Waals surface area contributed by atoms with E-state index in [4.69, 9.17) is 23.2 Å². The lowest BCUT2D eigenvalue weighted by molar-refractivity contribution is 0.570. The van der Waals surface area contributed by atoms with E-state index in [9.17, 15) is 12.8 Å². The number of sulfonamides is 1. The predicted octanol–water partition coefficient (Wildman–Crippen LogP) is 4.90. The molecule has 28 heavy (non-hydrogen) atoms. The Hall–Kier alpha value is -2.42. The van der Waals surface area contributed by atoms with E-state index in [2.05, 4.69) is 20.0 Å². The van der Waals surface area contributed by atoms with Crippen molar-refractivity contribution in [3.8, 4) is 0 Å². The third kappa shape index (κ3) is 4.35. The van der Waals surface area contributed by atoms with Crippen molar-refractivity contribution in [1.29, 1.82) is 0 Å². The SMILES string of the molecule is C[C@H](Nc1ccc(S(=O)(=O)Nc2ccncn2)c(F)c1Cl)c1ccccc1Cl. The summed E-state index contributed by atoms with van der Waals surface area (Å²) in [4.78, 5) is 6.86. The molecule has 146 valence electrons. The summed E-state index contributed by atoms with van der Waals surface area (Å²) in [6.07, 6.45) is 2.53. The number of halogens is 3. The van der Waals surface area contributed by atoms with E-state index in [1.54, 1.807) is 12.1 Å². The molecule has 3 aromatic rings. The molecule has 6 nitrogen and oxygen atoms in total. The Morgan fingerprint density at radius 1 is 1.11 bits per heavy atom. The molecule has 1 aromatic heterocycles. The number of nitrogens with zero attached hydrogens (tertiary/aromatic N) is 2. The number of anilines is 2. The summed E-state index contributed by atoms with van der Waals surface area (Å²) in [5.74, 6) is -1.06. The van der Waals surface area contributed by atoms with Crippen LogP contribution in [0.4, 0.5) is 15.9 Å². The lowest BCUT2D eigenvalue weighted by atomic mass is 10.1. The van der Waals surface area contributed by atoms with Crippen molar-refractivity contribution in [2.45, 2.75) is 17.9 Å². The second-order valence-electron chi connectivity index (χ2n) is 5.83. The molecule has 2 N–H and O–H groups in total. The summed E-state index contributed by atoms with van der Waals surface area (Å²) in [7, 11) is -4.22. The van der Waals surface area contributed by atoms with Crippen LogP contribution in [0, 0.1) is 5.82 Å². The van der Waals surface area contributed by atoms with E-state index in [-0.39, 0.29) is 22.6 Å². The van der Waals surface area contributed by atoms with Gasteiger partial charge in [0, 0.05) is 11.2 Å². The van der Waals surface area contributed by atoms with Crippen molar-refractivity contribution < 1.29 is 12.8 Å². The molecule has 1 atom stereocenters. The summed E-state index contributed by atoms with van der Waals surface area (Å²) in [5.41, 5.74) is 1.04. The molecule has 0 spiro atoms. The van der Waals surface area contributed by atoms with E-state index in [0.717, 1.165) is 11.6 Å². The van der Waals surface area contributed by atoms with Crippen molar-refractivity contribution in [3.05, 3.63) is 76.4 Å².